The maximum absolute atomic E-state index is 12.8. The van der Waals surface area contributed by atoms with Gasteiger partial charge in [0.05, 0.1) is 0 Å². The number of rotatable bonds is 5. The Kier molecular flexibility index (Phi) is 4.94. The van der Waals surface area contributed by atoms with Crippen LogP contribution >= 0.6 is 0 Å². The van der Waals surface area contributed by atoms with E-state index >= 15 is 0 Å². The van der Waals surface area contributed by atoms with E-state index in [2.05, 4.69) is 33.0 Å². The summed E-state index contributed by atoms with van der Waals surface area (Å²) in [6.07, 6.45) is 1.17. The van der Waals surface area contributed by atoms with Crippen molar-refractivity contribution in [3.8, 4) is 0 Å². The zero-order valence-corrected chi connectivity index (χ0v) is 10.6. The van der Waals surface area contributed by atoms with Crippen molar-refractivity contribution < 1.29 is 4.39 Å². The summed E-state index contributed by atoms with van der Waals surface area (Å²) in [6.45, 7) is 8.76. The molecule has 0 aromatic heterocycles. The molecule has 0 heterocycles. The second-order valence-electron chi connectivity index (χ2n) is 4.61. The van der Waals surface area contributed by atoms with E-state index in [0.29, 0.717) is 12.0 Å². The second-order valence-corrected chi connectivity index (χ2v) is 4.61. The highest BCUT2D eigenvalue weighted by Crippen LogP contribution is 2.16. The molecule has 1 aromatic rings. The minimum absolute atomic E-state index is 0.175. The fraction of sp³-hybridized carbons (Fsp3) is 0.571. The highest BCUT2D eigenvalue weighted by Gasteiger charge is 2.13. The molecule has 16 heavy (non-hydrogen) atoms. The highest BCUT2D eigenvalue weighted by molar-refractivity contribution is 5.19. The summed E-state index contributed by atoms with van der Waals surface area (Å²) in [6, 6.07) is 7.46. The van der Waals surface area contributed by atoms with Gasteiger partial charge in [0.25, 0.3) is 0 Å². The van der Waals surface area contributed by atoms with E-state index in [-0.39, 0.29) is 11.9 Å². The van der Waals surface area contributed by atoms with Gasteiger partial charge in [0.2, 0.25) is 0 Å². The molecule has 0 aliphatic rings. The third kappa shape index (κ3) is 3.60. The maximum atomic E-state index is 12.8. The van der Waals surface area contributed by atoms with E-state index in [1.807, 2.05) is 12.1 Å². The minimum Gasteiger partial charge on any atom is -0.307 e. The first-order valence-corrected chi connectivity index (χ1v) is 6.06. The lowest BCUT2D eigenvalue weighted by Gasteiger charge is -2.24. The summed E-state index contributed by atoms with van der Waals surface area (Å²) in [4.78, 5) is 0. The quantitative estimate of drug-likeness (QED) is 0.798. The predicted molar refractivity (Wildman–Crippen MR) is 66.9 cm³/mol. The average molecular weight is 223 g/mol. The maximum Gasteiger partial charge on any atom is 0.123 e. The van der Waals surface area contributed by atoms with Crippen LogP contribution in [0.5, 0.6) is 0 Å². The van der Waals surface area contributed by atoms with Crippen LogP contribution in [0.25, 0.3) is 0 Å². The standard InChI is InChI=1S/C14H22FN/c1-5-10(2)11(3)16-12(4)13-6-8-14(15)9-7-13/h6-12,16H,5H2,1-4H3/t10?,11?,12-/m0/s1. The Hall–Kier alpha value is -0.890. The van der Waals surface area contributed by atoms with Gasteiger partial charge in [-0.25, -0.2) is 4.39 Å². The van der Waals surface area contributed by atoms with Gasteiger partial charge in [0.15, 0.2) is 0 Å². The van der Waals surface area contributed by atoms with Crippen LogP contribution in [0.1, 0.15) is 45.7 Å². The molecule has 0 amide bonds. The Balaban J connectivity index is 2.58. The van der Waals surface area contributed by atoms with E-state index in [9.17, 15) is 4.39 Å². The average Bonchev–Trinajstić information content (AvgIpc) is 2.28. The van der Waals surface area contributed by atoms with Gasteiger partial charge in [0.1, 0.15) is 5.82 Å². The Labute approximate surface area is 98.1 Å². The van der Waals surface area contributed by atoms with Gasteiger partial charge in [-0.1, -0.05) is 32.4 Å². The fourth-order valence-corrected chi connectivity index (χ4v) is 1.76. The van der Waals surface area contributed by atoms with Crippen molar-refractivity contribution in [1.82, 2.24) is 5.32 Å². The monoisotopic (exact) mass is 223 g/mol. The van der Waals surface area contributed by atoms with Gasteiger partial charge in [0, 0.05) is 12.1 Å². The van der Waals surface area contributed by atoms with E-state index in [1.54, 1.807) is 0 Å². The summed E-state index contributed by atoms with van der Waals surface area (Å²) < 4.78 is 12.8. The van der Waals surface area contributed by atoms with Crippen molar-refractivity contribution in [1.29, 1.82) is 0 Å². The highest BCUT2D eigenvalue weighted by atomic mass is 19.1. The van der Waals surface area contributed by atoms with Gasteiger partial charge in [-0.2, -0.15) is 0 Å². The van der Waals surface area contributed by atoms with E-state index in [1.165, 1.54) is 18.6 Å². The normalized spacial score (nSPS) is 16.8. The van der Waals surface area contributed by atoms with Crippen molar-refractivity contribution in [3.63, 3.8) is 0 Å². The minimum atomic E-state index is -0.175. The molecule has 2 heteroatoms. The molecule has 1 aromatic carbocycles. The van der Waals surface area contributed by atoms with Gasteiger partial charge >= 0.3 is 0 Å². The lowest BCUT2D eigenvalue weighted by molar-refractivity contribution is 0.360. The Morgan fingerprint density at radius 1 is 1.12 bits per heavy atom. The smallest absolute Gasteiger partial charge is 0.123 e. The van der Waals surface area contributed by atoms with Crippen molar-refractivity contribution in [2.75, 3.05) is 0 Å². The Morgan fingerprint density at radius 2 is 1.69 bits per heavy atom. The molecule has 0 spiro atoms. The van der Waals surface area contributed by atoms with Crippen molar-refractivity contribution in [2.45, 2.75) is 46.2 Å². The van der Waals surface area contributed by atoms with Crippen molar-refractivity contribution >= 4 is 0 Å². The second kappa shape index (κ2) is 6.00. The summed E-state index contributed by atoms with van der Waals surface area (Å²) in [7, 11) is 0. The van der Waals surface area contributed by atoms with Crippen LogP contribution in [-0.2, 0) is 0 Å². The molecular formula is C14H22FN. The first-order chi connectivity index (χ1) is 7.54. The van der Waals surface area contributed by atoms with Crippen LogP contribution in [0, 0.1) is 11.7 Å². The van der Waals surface area contributed by atoms with Gasteiger partial charge in [-0.3, -0.25) is 0 Å². The summed E-state index contributed by atoms with van der Waals surface area (Å²) >= 11 is 0. The fourth-order valence-electron chi connectivity index (χ4n) is 1.76. The first kappa shape index (κ1) is 13.2. The van der Waals surface area contributed by atoms with Crippen molar-refractivity contribution in [3.05, 3.63) is 35.6 Å². The van der Waals surface area contributed by atoms with Crippen LogP contribution in [-0.4, -0.2) is 6.04 Å². The van der Waals surface area contributed by atoms with E-state index in [4.69, 9.17) is 0 Å². The lowest BCUT2D eigenvalue weighted by Crippen LogP contribution is -2.33. The van der Waals surface area contributed by atoms with Crippen LogP contribution in [0.2, 0.25) is 0 Å². The summed E-state index contributed by atoms with van der Waals surface area (Å²) in [5.41, 5.74) is 1.14. The van der Waals surface area contributed by atoms with Crippen molar-refractivity contribution in [2.24, 2.45) is 5.92 Å². The molecule has 0 fully saturated rings. The number of hydrogen-bond donors (Lipinski definition) is 1. The lowest BCUT2D eigenvalue weighted by atomic mass is 9.99. The molecular weight excluding hydrogens is 201 g/mol. The summed E-state index contributed by atoms with van der Waals surface area (Å²) in [5.74, 6) is 0.480. The SMILES string of the molecule is CCC(C)C(C)N[C@@H](C)c1ccc(F)cc1. The summed E-state index contributed by atoms with van der Waals surface area (Å²) in [5, 5.41) is 3.54. The number of benzene rings is 1. The third-order valence-electron chi connectivity index (χ3n) is 3.38. The predicted octanol–water partition coefficient (Wildman–Crippen LogP) is 3.91. The molecule has 0 aliphatic carbocycles. The van der Waals surface area contributed by atoms with Crippen LogP contribution in [0.4, 0.5) is 4.39 Å². The molecule has 2 unspecified atom stereocenters. The molecule has 3 atom stereocenters. The molecule has 1 N–H and O–H groups in total. The zero-order valence-electron chi connectivity index (χ0n) is 10.6. The number of nitrogens with one attached hydrogen (secondary N) is 1. The van der Waals surface area contributed by atoms with Gasteiger partial charge < -0.3 is 5.32 Å². The third-order valence-corrected chi connectivity index (χ3v) is 3.38. The number of halogens is 1. The molecule has 0 bridgehead atoms. The molecule has 90 valence electrons. The molecule has 0 saturated carbocycles. The zero-order chi connectivity index (χ0) is 12.1. The van der Waals surface area contributed by atoms with Gasteiger partial charge in [-0.15, -0.1) is 0 Å². The Bertz CT molecular complexity index is 307. The number of hydrogen-bond acceptors (Lipinski definition) is 1. The molecule has 1 nitrogen and oxygen atoms in total. The molecule has 0 radical (unpaired) electrons. The molecule has 0 aliphatic heterocycles. The van der Waals surface area contributed by atoms with Gasteiger partial charge in [-0.05, 0) is 37.5 Å². The Morgan fingerprint density at radius 3 is 2.19 bits per heavy atom. The van der Waals surface area contributed by atoms with E-state index < -0.39 is 0 Å². The largest absolute Gasteiger partial charge is 0.307 e. The van der Waals surface area contributed by atoms with Crippen LogP contribution < -0.4 is 5.32 Å². The topological polar surface area (TPSA) is 12.0 Å². The van der Waals surface area contributed by atoms with E-state index in [0.717, 1.165) is 5.56 Å². The molecule has 1 rings (SSSR count). The molecule has 0 saturated heterocycles. The van der Waals surface area contributed by atoms with Crippen LogP contribution in [0.3, 0.4) is 0 Å². The van der Waals surface area contributed by atoms with Crippen LogP contribution in [0.15, 0.2) is 24.3 Å². The first-order valence-electron chi connectivity index (χ1n) is 6.06.